The number of ether oxygens (including phenoxy) is 1. The molecule has 158 valence electrons. The van der Waals surface area contributed by atoms with Gasteiger partial charge in [-0.1, -0.05) is 26.0 Å². The van der Waals surface area contributed by atoms with Crippen LogP contribution in [0.1, 0.15) is 37.6 Å². The Hall–Kier alpha value is -2.65. The molecule has 0 fully saturated rings. The van der Waals surface area contributed by atoms with Crippen LogP contribution in [0.2, 0.25) is 0 Å². The predicted octanol–water partition coefficient (Wildman–Crippen LogP) is 4.37. The first-order chi connectivity index (χ1) is 14.2. The Labute approximate surface area is 176 Å². The van der Waals surface area contributed by atoms with Crippen LogP contribution in [0, 0.1) is 25.1 Å². The van der Waals surface area contributed by atoms with Crippen LogP contribution in [0.5, 0.6) is 5.75 Å². The zero-order valence-corrected chi connectivity index (χ0v) is 18.2. The van der Waals surface area contributed by atoms with Crippen LogP contribution in [0.4, 0.5) is 4.39 Å². The summed E-state index contributed by atoms with van der Waals surface area (Å²) in [6.45, 7) is 5.62. The van der Waals surface area contributed by atoms with Gasteiger partial charge in [0.2, 0.25) is 0 Å². The number of carbonyl (C=O) groups is 1. The van der Waals surface area contributed by atoms with Gasteiger partial charge < -0.3 is 9.84 Å². The van der Waals surface area contributed by atoms with Gasteiger partial charge in [-0.3, -0.25) is 9.78 Å². The molecule has 8 heteroatoms. The Balaban J connectivity index is 2.40. The van der Waals surface area contributed by atoms with Gasteiger partial charge in [-0.25, -0.2) is 4.39 Å². The lowest BCUT2D eigenvalue weighted by atomic mass is 9.99. The highest BCUT2D eigenvalue weighted by atomic mass is 31.1. The Morgan fingerprint density at radius 2 is 1.97 bits per heavy atom. The molecule has 0 radical (unpaired) electrons. The summed E-state index contributed by atoms with van der Waals surface area (Å²) in [5, 5.41) is 10.2. The Bertz CT molecular complexity index is 969. The quantitative estimate of drug-likeness (QED) is 0.379. The maximum atomic E-state index is 13.4. The monoisotopic (exact) mass is 432 g/mol. The number of carbonyl (C=O) groups excluding carboxylic acids is 1. The molecule has 0 amide bonds. The van der Waals surface area contributed by atoms with Crippen LogP contribution in [0.3, 0.4) is 0 Å². The van der Waals surface area contributed by atoms with E-state index in [0.717, 1.165) is 0 Å². The van der Waals surface area contributed by atoms with Gasteiger partial charge in [-0.15, -0.1) is 10.9 Å². The minimum atomic E-state index is -2.33. The van der Waals surface area contributed by atoms with Gasteiger partial charge in [0.25, 0.3) is 5.66 Å². The van der Waals surface area contributed by atoms with Crippen LogP contribution in [-0.4, -0.2) is 34.9 Å². The molecule has 0 saturated carbocycles. The fourth-order valence-corrected chi connectivity index (χ4v) is 3.63. The molecule has 3 unspecified atom stereocenters. The average Bonchev–Trinajstić information content (AvgIpc) is 2.69. The highest BCUT2D eigenvalue weighted by Gasteiger charge is 2.38. The molecule has 1 aromatic heterocycles. The average molecular weight is 432 g/mol. The zero-order chi connectivity index (χ0) is 22.4. The van der Waals surface area contributed by atoms with Crippen LogP contribution >= 0.6 is 8.03 Å². The number of aryl methyl sites for hydroxylation is 1. The Kier molecular flexibility index (Phi) is 8.19. The molecule has 6 nitrogen and oxygen atoms in total. The molecule has 0 aliphatic carbocycles. The summed E-state index contributed by atoms with van der Waals surface area (Å²) >= 11 is 0. The minimum absolute atomic E-state index is 0.0711. The Morgan fingerprint density at radius 3 is 2.50 bits per heavy atom. The third-order valence-corrected chi connectivity index (χ3v) is 5.67. The van der Waals surface area contributed by atoms with Crippen molar-refractivity contribution in [3.8, 4) is 29.2 Å². The van der Waals surface area contributed by atoms with E-state index in [9.17, 15) is 18.9 Å². The largest absolute Gasteiger partial charge is 0.526 e. The van der Waals surface area contributed by atoms with Gasteiger partial charge in [0.15, 0.2) is 5.75 Å². The molecule has 0 saturated heterocycles. The maximum Gasteiger partial charge on any atom is 0.526 e. The summed E-state index contributed by atoms with van der Waals surface area (Å²) in [7, 11) is -1.12. The number of hydrogen-bond acceptors (Lipinski definition) is 6. The third-order valence-electron chi connectivity index (χ3n) is 4.36. The number of nitrogens with zero attached hydrogens (tertiary/aromatic N) is 1. The normalized spacial score (nSPS) is 13.5. The number of halogens is 1. The summed E-state index contributed by atoms with van der Waals surface area (Å²) in [6.07, 6.45) is 3.42. The molecular weight excluding hydrogens is 408 g/mol. The van der Waals surface area contributed by atoms with Crippen molar-refractivity contribution < 1.29 is 28.1 Å². The van der Waals surface area contributed by atoms with Crippen molar-refractivity contribution in [3.05, 3.63) is 47.5 Å². The maximum absolute atomic E-state index is 13.4. The molecule has 0 aliphatic rings. The van der Waals surface area contributed by atoms with Crippen molar-refractivity contribution in [1.82, 2.24) is 4.98 Å². The number of benzene rings is 1. The van der Waals surface area contributed by atoms with Gasteiger partial charge in [-0.05, 0) is 47.1 Å². The second-order valence-electron chi connectivity index (χ2n) is 7.01. The second-order valence-corrected chi connectivity index (χ2v) is 8.50. The minimum Gasteiger partial charge on any atom is -0.424 e. The predicted molar refractivity (Wildman–Crippen MR) is 112 cm³/mol. The summed E-state index contributed by atoms with van der Waals surface area (Å²) in [6, 6.07) is 7.53. The molecule has 1 N–H and O–H groups in total. The van der Waals surface area contributed by atoms with Gasteiger partial charge in [-0.2, -0.15) is 0 Å². The van der Waals surface area contributed by atoms with E-state index in [2.05, 4.69) is 15.4 Å². The van der Waals surface area contributed by atoms with Crippen LogP contribution in [0.25, 0.3) is 11.1 Å². The highest BCUT2D eigenvalue weighted by Crippen LogP contribution is 2.37. The number of aliphatic hydroxyl groups is 1. The fraction of sp³-hybridized carbons (Fsp3) is 0.364. The lowest BCUT2D eigenvalue weighted by Crippen LogP contribution is -2.27. The van der Waals surface area contributed by atoms with Gasteiger partial charge >= 0.3 is 14.0 Å². The first-order valence-electron chi connectivity index (χ1n) is 9.30. The van der Waals surface area contributed by atoms with Crippen molar-refractivity contribution in [2.45, 2.75) is 44.9 Å². The Morgan fingerprint density at radius 1 is 1.33 bits per heavy atom. The zero-order valence-electron chi connectivity index (χ0n) is 17.3. The van der Waals surface area contributed by atoms with E-state index in [1.54, 1.807) is 18.2 Å². The van der Waals surface area contributed by atoms with Crippen molar-refractivity contribution >= 4 is 14.0 Å². The summed E-state index contributed by atoms with van der Waals surface area (Å²) in [4.78, 5) is 17.1. The second kappa shape index (κ2) is 10.4. The van der Waals surface area contributed by atoms with E-state index in [4.69, 9.17) is 11.2 Å². The summed E-state index contributed by atoms with van der Waals surface area (Å²) < 4.78 is 35.5. The molecule has 3 atom stereocenters. The smallest absolute Gasteiger partial charge is 0.424 e. The van der Waals surface area contributed by atoms with Crippen LogP contribution in [-0.2, 0) is 13.9 Å². The van der Waals surface area contributed by atoms with Gasteiger partial charge in [0, 0.05) is 11.3 Å². The van der Waals surface area contributed by atoms with E-state index >= 15 is 0 Å². The molecule has 1 heterocycles. The first kappa shape index (κ1) is 23.6. The first-order valence-corrected chi connectivity index (χ1v) is 10.5. The number of esters is 1. The molecule has 0 bridgehead atoms. The molecule has 2 aromatic rings. The molecule has 30 heavy (non-hydrogen) atoms. The number of aromatic nitrogens is 1. The SMILES string of the molecule is C#CC(C(O)CC(=O)Oc1c(-c2ccc(F)cc2)cc(C)nc1C(C)C)[P+](=O)OC. The van der Waals surface area contributed by atoms with Crippen LogP contribution < -0.4 is 4.74 Å². The van der Waals surface area contributed by atoms with Crippen molar-refractivity contribution in [2.24, 2.45) is 0 Å². The van der Waals surface area contributed by atoms with Crippen molar-refractivity contribution in [3.63, 3.8) is 0 Å². The molecule has 1 aromatic carbocycles. The van der Waals surface area contributed by atoms with E-state index in [1.165, 1.54) is 19.2 Å². The molecule has 2 rings (SSSR count). The lowest BCUT2D eigenvalue weighted by molar-refractivity contribution is -0.136. The topological polar surface area (TPSA) is 85.7 Å². The number of hydrogen-bond donors (Lipinski definition) is 1. The standard InChI is InChI=1S/C22H24FNO5P/c1-6-19(30(27)28-5)18(25)12-20(26)29-22-17(15-7-9-16(23)10-8-15)11-14(4)24-21(22)13(2)3/h1,7-11,13,18-19,25H,12H2,2-5H3/q+1. The fourth-order valence-electron chi connectivity index (χ4n) is 2.89. The highest BCUT2D eigenvalue weighted by molar-refractivity contribution is 7.40. The van der Waals surface area contributed by atoms with E-state index in [-0.39, 0.29) is 17.5 Å². The van der Waals surface area contributed by atoms with Gasteiger partial charge in [0.1, 0.15) is 11.9 Å². The van der Waals surface area contributed by atoms with Crippen LogP contribution in [0.15, 0.2) is 30.3 Å². The summed E-state index contributed by atoms with van der Waals surface area (Å²) in [5.74, 6) is 1.19. The van der Waals surface area contributed by atoms with Crippen molar-refractivity contribution in [1.29, 1.82) is 0 Å². The molecule has 0 spiro atoms. The lowest BCUT2D eigenvalue weighted by Gasteiger charge is -2.18. The van der Waals surface area contributed by atoms with E-state index in [1.807, 2.05) is 20.8 Å². The van der Waals surface area contributed by atoms with E-state index in [0.29, 0.717) is 22.5 Å². The number of pyridine rings is 1. The van der Waals surface area contributed by atoms with Gasteiger partial charge in [0.05, 0.1) is 19.2 Å². The number of aliphatic hydroxyl groups excluding tert-OH is 1. The molecular formula is C22H24FNO5P+. The van der Waals surface area contributed by atoms with Crippen molar-refractivity contribution in [2.75, 3.05) is 7.11 Å². The van der Waals surface area contributed by atoms with E-state index < -0.39 is 32.2 Å². The number of terminal acetylenes is 1. The molecule has 0 aliphatic heterocycles. The third kappa shape index (κ3) is 5.70. The number of rotatable bonds is 8. The summed E-state index contributed by atoms with van der Waals surface area (Å²) in [5.41, 5.74) is 1.34.